The average molecular weight is 211 g/mol. The summed E-state index contributed by atoms with van der Waals surface area (Å²) in [7, 11) is 7.90. The third kappa shape index (κ3) is 3.26. The second kappa shape index (κ2) is 5.30. The van der Waals surface area contributed by atoms with Gasteiger partial charge in [0.1, 0.15) is 8.37 Å². The smallest absolute Gasteiger partial charge is 0.145 e. The predicted molar refractivity (Wildman–Crippen MR) is 64.4 cm³/mol. The molecule has 0 aliphatic rings. The van der Waals surface area contributed by atoms with Crippen molar-refractivity contribution in [1.29, 1.82) is 0 Å². The number of para-hydroxylation sites is 1. The minimum atomic E-state index is -0.438. The van der Waals surface area contributed by atoms with E-state index in [-0.39, 0.29) is 0 Å². The van der Waals surface area contributed by atoms with E-state index in [0.29, 0.717) is 0 Å². The molecule has 0 aliphatic heterocycles. The molecule has 14 heavy (non-hydrogen) atoms. The largest absolute Gasteiger partial charge is 0.340 e. The van der Waals surface area contributed by atoms with Crippen molar-refractivity contribution in [2.75, 3.05) is 33.3 Å². The van der Waals surface area contributed by atoms with Crippen LogP contribution in [0.1, 0.15) is 0 Å². The van der Waals surface area contributed by atoms with E-state index in [9.17, 15) is 0 Å². The molecule has 0 saturated carbocycles. The molecule has 0 heterocycles. The van der Waals surface area contributed by atoms with E-state index >= 15 is 0 Å². The third-order valence-corrected chi connectivity index (χ3v) is 3.73. The molecular weight excluding hydrogens is 193 g/mol. The molecule has 78 valence electrons. The minimum Gasteiger partial charge on any atom is -0.340 e. The topological polar surface area (TPSA) is 18.5 Å². The van der Waals surface area contributed by atoms with Gasteiger partial charge in [0.15, 0.2) is 0 Å². The fourth-order valence-corrected chi connectivity index (χ4v) is 2.68. The number of nitrogens with zero attached hydrogens (tertiary/aromatic N) is 2. The van der Waals surface area contributed by atoms with Crippen molar-refractivity contribution < 1.29 is 0 Å². The molecule has 0 radical (unpaired) electrons. The van der Waals surface area contributed by atoms with E-state index in [0.717, 1.165) is 0 Å². The zero-order chi connectivity index (χ0) is 10.6. The molecular formula is C10H18N3P. The first kappa shape index (κ1) is 11.4. The fraction of sp³-hybridized carbons (Fsp3) is 0.400. The highest BCUT2D eigenvalue weighted by molar-refractivity contribution is 7.54. The van der Waals surface area contributed by atoms with Crippen LogP contribution in [-0.2, 0) is 0 Å². The summed E-state index contributed by atoms with van der Waals surface area (Å²) in [5, 5.41) is 3.49. The molecule has 0 aliphatic carbocycles. The van der Waals surface area contributed by atoms with Gasteiger partial charge in [0.25, 0.3) is 0 Å². The number of benzene rings is 1. The summed E-state index contributed by atoms with van der Waals surface area (Å²) in [6.45, 7) is 0. The van der Waals surface area contributed by atoms with Crippen LogP contribution in [0.4, 0.5) is 5.69 Å². The normalized spacial score (nSPS) is 11.4. The Kier molecular flexibility index (Phi) is 4.33. The lowest BCUT2D eigenvalue weighted by Crippen LogP contribution is -2.21. The van der Waals surface area contributed by atoms with Gasteiger partial charge in [0, 0.05) is 5.69 Å². The molecule has 0 bridgehead atoms. The lowest BCUT2D eigenvalue weighted by Gasteiger charge is -2.30. The van der Waals surface area contributed by atoms with Gasteiger partial charge >= 0.3 is 0 Å². The SMILES string of the molecule is CN(C)P(Nc1ccccc1)N(C)C. The summed E-state index contributed by atoms with van der Waals surface area (Å²) < 4.78 is 4.39. The number of hydrogen-bond acceptors (Lipinski definition) is 3. The molecule has 0 fully saturated rings. The summed E-state index contributed by atoms with van der Waals surface area (Å²) in [5.74, 6) is 0. The molecule has 1 aromatic carbocycles. The van der Waals surface area contributed by atoms with Gasteiger partial charge in [-0.15, -0.1) is 0 Å². The number of hydrogen-bond donors (Lipinski definition) is 1. The molecule has 0 saturated heterocycles. The van der Waals surface area contributed by atoms with E-state index in [1.54, 1.807) is 0 Å². The lowest BCUT2D eigenvalue weighted by molar-refractivity contribution is 0.579. The summed E-state index contributed by atoms with van der Waals surface area (Å²) in [4.78, 5) is 0. The monoisotopic (exact) mass is 211 g/mol. The van der Waals surface area contributed by atoms with Crippen molar-refractivity contribution >= 4 is 14.1 Å². The standard InChI is InChI=1S/C10H18N3P/c1-12(2)14(13(3)4)11-10-8-6-5-7-9-10/h5-9,11H,1-4H3. The molecule has 1 N–H and O–H groups in total. The van der Waals surface area contributed by atoms with Crippen molar-refractivity contribution in [2.24, 2.45) is 0 Å². The maximum atomic E-state index is 3.49. The average Bonchev–Trinajstić information content (AvgIpc) is 2.15. The molecule has 1 aromatic rings. The summed E-state index contributed by atoms with van der Waals surface area (Å²) in [6, 6.07) is 10.3. The van der Waals surface area contributed by atoms with Crippen molar-refractivity contribution in [1.82, 2.24) is 9.34 Å². The molecule has 4 heteroatoms. The Balaban J connectivity index is 2.65. The number of anilines is 1. The minimum absolute atomic E-state index is 0.438. The first-order valence-corrected chi connectivity index (χ1v) is 5.82. The predicted octanol–water partition coefficient (Wildman–Crippen LogP) is 2.45. The summed E-state index contributed by atoms with van der Waals surface area (Å²) >= 11 is 0. The van der Waals surface area contributed by atoms with Gasteiger partial charge in [-0.1, -0.05) is 18.2 Å². The summed E-state index contributed by atoms with van der Waals surface area (Å²) in [6.07, 6.45) is 0. The van der Waals surface area contributed by atoms with Crippen molar-refractivity contribution in [3.63, 3.8) is 0 Å². The van der Waals surface area contributed by atoms with E-state index in [2.05, 4.69) is 54.8 Å². The maximum absolute atomic E-state index is 3.49. The molecule has 0 aromatic heterocycles. The Labute approximate surface area is 87.6 Å². The Bertz CT molecular complexity index is 253. The van der Waals surface area contributed by atoms with Crippen LogP contribution in [0, 0.1) is 0 Å². The first-order chi connectivity index (χ1) is 6.61. The van der Waals surface area contributed by atoms with Crippen molar-refractivity contribution in [3.05, 3.63) is 30.3 Å². The van der Waals surface area contributed by atoms with Crippen LogP contribution in [0.3, 0.4) is 0 Å². The Morgan fingerprint density at radius 3 is 1.86 bits per heavy atom. The van der Waals surface area contributed by atoms with Gasteiger partial charge in [-0.3, -0.25) is 9.34 Å². The van der Waals surface area contributed by atoms with Crippen LogP contribution < -0.4 is 5.09 Å². The van der Waals surface area contributed by atoms with Crippen molar-refractivity contribution in [2.45, 2.75) is 0 Å². The van der Waals surface area contributed by atoms with Crippen LogP contribution in [0.25, 0.3) is 0 Å². The second-order valence-electron chi connectivity index (χ2n) is 3.46. The van der Waals surface area contributed by atoms with Gasteiger partial charge in [-0.2, -0.15) is 0 Å². The van der Waals surface area contributed by atoms with Crippen LogP contribution in [0.15, 0.2) is 30.3 Å². The highest BCUT2D eigenvalue weighted by Crippen LogP contribution is 2.39. The van der Waals surface area contributed by atoms with E-state index in [1.807, 2.05) is 18.2 Å². The zero-order valence-electron chi connectivity index (χ0n) is 9.23. The second-order valence-corrected chi connectivity index (χ2v) is 5.86. The van der Waals surface area contributed by atoms with Crippen molar-refractivity contribution in [3.8, 4) is 0 Å². The number of rotatable bonds is 4. The Morgan fingerprint density at radius 2 is 1.43 bits per heavy atom. The first-order valence-electron chi connectivity index (χ1n) is 4.57. The summed E-state index contributed by atoms with van der Waals surface area (Å²) in [5.41, 5.74) is 1.17. The van der Waals surface area contributed by atoms with E-state index in [1.165, 1.54) is 5.69 Å². The third-order valence-electron chi connectivity index (χ3n) is 1.76. The van der Waals surface area contributed by atoms with Crippen LogP contribution in [0.5, 0.6) is 0 Å². The zero-order valence-corrected chi connectivity index (χ0v) is 10.1. The quantitative estimate of drug-likeness (QED) is 0.772. The highest BCUT2D eigenvalue weighted by atomic mass is 31.1. The molecule has 0 spiro atoms. The molecule has 0 unspecified atom stereocenters. The maximum Gasteiger partial charge on any atom is 0.145 e. The Morgan fingerprint density at radius 1 is 0.929 bits per heavy atom. The van der Waals surface area contributed by atoms with Crippen LogP contribution in [0.2, 0.25) is 0 Å². The van der Waals surface area contributed by atoms with Gasteiger partial charge in [0.05, 0.1) is 0 Å². The fourth-order valence-electron chi connectivity index (χ4n) is 1.19. The molecule has 1 rings (SSSR count). The van der Waals surface area contributed by atoms with E-state index in [4.69, 9.17) is 0 Å². The molecule has 0 atom stereocenters. The van der Waals surface area contributed by atoms with Gasteiger partial charge in [0.2, 0.25) is 0 Å². The highest BCUT2D eigenvalue weighted by Gasteiger charge is 2.13. The molecule has 3 nitrogen and oxygen atoms in total. The van der Waals surface area contributed by atoms with Crippen LogP contribution >= 0.6 is 8.37 Å². The van der Waals surface area contributed by atoms with Gasteiger partial charge < -0.3 is 5.09 Å². The molecule has 0 amide bonds. The Hall–Kier alpha value is -0.630. The van der Waals surface area contributed by atoms with Crippen LogP contribution in [-0.4, -0.2) is 37.5 Å². The number of nitrogens with one attached hydrogen (secondary N) is 1. The van der Waals surface area contributed by atoms with Gasteiger partial charge in [-0.05, 0) is 40.3 Å². The lowest BCUT2D eigenvalue weighted by atomic mass is 10.3. The van der Waals surface area contributed by atoms with E-state index < -0.39 is 8.37 Å². The van der Waals surface area contributed by atoms with Gasteiger partial charge in [-0.25, -0.2) is 0 Å².